The molecule has 2 rings (SSSR count). The first-order valence-corrected chi connectivity index (χ1v) is 6.69. The molecule has 1 aromatic heterocycles. The largest absolute Gasteiger partial charge is 0.326 e. The molecule has 2 N–H and O–H groups in total. The van der Waals surface area contributed by atoms with Crippen LogP contribution in [-0.2, 0) is 4.79 Å². The number of pyridine rings is 1. The molecule has 9 heteroatoms. The predicted octanol–water partition coefficient (Wildman–Crippen LogP) is 1.52. The van der Waals surface area contributed by atoms with Gasteiger partial charge in [-0.15, -0.1) is 0 Å². The molecule has 0 bridgehead atoms. The number of nitro groups is 1. The third kappa shape index (κ3) is 4.19. The smallest absolute Gasteiger partial charge is 0.288 e. The molecule has 0 radical (unpaired) electrons. The van der Waals surface area contributed by atoms with E-state index in [1.165, 1.54) is 19.1 Å². The van der Waals surface area contributed by atoms with Gasteiger partial charge in [-0.25, -0.2) is 0 Å². The van der Waals surface area contributed by atoms with Crippen molar-refractivity contribution in [1.82, 2.24) is 10.3 Å². The second-order valence-electron chi connectivity index (χ2n) is 4.73. The van der Waals surface area contributed by atoms with Crippen molar-refractivity contribution in [2.75, 3.05) is 5.32 Å². The second kappa shape index (κ2) is 7.09. The molecule has 0 saturated carbocycles. The van der Waals surface area contributed by atoms with Crippen molar-refractivity contribution in [1.29, 1.82) is 0 Å². The van der Waals surface area contributed by atoms with Crippen molar-refractivity contribution in [2.24, 2.45) is 0 Å². The van der Waals surface area contributed by atoms with Crippen molar-refractivity contribution in [3.63, 3.8) is 0 Å². The number of rotatable bonds is 4. The molecule has 3 amide bonds. The number of benzene rings is 1. The summed E-state index contributed by atoms with van der Waals surface area (Å²) >= 11 is 0. The molecule has 0 spiro atoms. The van der Waals surface area contributed by atoms with Gasteiger partial charge >= 0.3 is 0 Å². The number of carbonyl (C=O) groups excluding carboxylic acids is 3. The standard InChI is InChI=1S/C15H12N4O5/c1-9(20)17-12-4-2-3-10(5-12)14(21)18-15(22)11-6-13(19(23)24)8-16-7-11/h2-8H,1H3,(H,17,20)(H,18,21,22). The fraction of sp³-hybridized carbons (Fsp3) is 0.0667. The van der Waals surface area contributed by atoms with Crippen LogP contribution in [0.3, 0.4) is 0 Å². The number of imide groups is 1. The van der Waals surface area contributed by atoms with Gasteiger partial charge in [0.1, 0.15) is 6.20 Å². The van der Waals surface area contributed by atoms with E-state index in [1.807, 2.05) is 0 Å². The van der Waals surface area contributed by atoms with Crippen LogP contribution in [0.5, 0.6) is 0 Å². The molecule has 0 unspecified atom stereocenters. The van der Waals surface area contributed by atoms with Crippen LogP contribution in [0.1, 0.15) is 27.6 Å². The van der Waals surface area contributed by atoms with E-state index >= 15 is 0 Å². The van der Waals surface area contributed by atoms with Crippen molar-refractivity contribution < 1.29 is 19.3 Å². The van der Waals surface area contributed by atoms with Gasteiger partial charge in [0.2, 0.25) is 5.91 Å². The lowest BCUT2D eigenvalue weighted by Gasteiger charge is -2.06. The number of amides is 3. The van der Waals surface area contributed by atoms with E-state index < -0.39 is 16.7 Å². The molecule has 122 valence electrons. The van der Waals surface area contributed by atoms with Gasteiger partial charge in [-0.1, -0.05) is 6.07 Å². The first-order valence-electron chi connectivity index (χ1n) is 6.69. The maximum absolute atomic E-state index is 12.1. The lowest BCUT2D eigenvalue weighted by molar-refractivity contribution is -0.385. The molecule has 1 aromatic carbocycles. The average Bonchev–Trinajstić information content (AvgIpc) is 2.54. The van der Waals surface area contributed by atoms with Gasteiger partial charge in [-0.05, 0) is 18.2 Å². The van der Waals surface area contributed by atoms with E-state index in [9.17, 15) is 24.5 Å². The average molecular weight is 328 g/mol. The summed E-state index contributed by atoms with van der Waals surface area (Å²) in [6, 6.07) is 7.00. The summed E-state index contributed by atoms with van der Waals surface area (Å²) in [6.45, 7) is 1.32. The topological polar surface area (TPSA) is 131 Å². The Balaban J connectivity index is 2.14. The Kier molecular flexibility index (Phi) is 4.95. The highest BCUT2D eigenvalue weighted by Crippen LogP contribution is 2.13. The first-order chi connectivity index (χ1) is 11.4. The Morgan fingerprint density at radius 2 is 1.79 bits per heavy atom. The zero-order valence-electron chi connectivity index (χ0n) is 12.5. The minimum absolute atomic E-state index is 0.115. The van der Waals surface area contributed by atoms with Gasteiger partial charge in [0, 0.05) is 30.4 Å². The molecule has 0 aliphatic rings. The molecule has 0 fully saturated rings. The van der Waals surface area contributed by atoms with Crippen LogP contribution in [0, 0.1) is 10.1 Å². The number of hydrogen-bond donors (Lipinski definition) is 2. The van der Waals surface area contributed by atoms with Crippen LogP contribution in [0.15, 0.2) is 42.7 Å². The van der Waals surface area contributed by atoms with E-state index in [0.29, 0.717) is 5.69 Å². The quantitative estimate of drug-likeness (QED) is 0.497. The molecule has 24 heavy (non-hydrogen) atoms. The van der Waals surface area contributed by atoms with Crippen molar-refractivity contribution in [2.45, 2.75) is 6.92 Å². The zero-order valence-corrected chi connectivity index (χ0v) is 12.5. The van der Waals surface area contributed by atoms with E-state index in [2.05, 4.69) is 15.6 Å². The highest BCUT2D eigenvalue weighted by molar-refractivity contribution is 6.10. The van der Waals surface area contributed by atoms with Gasteiger partial charge in [0.05, 0.1) is 10.5 Å². The Bertz CT molecular complexity index is 834. The summed E-state index contributed by atoms with van der Waals surface area (Å²) in [5, 5.41) is 15.3. The fourth-order valence-electron chi connectivity index (χ4n) is 1.84. The Morgan fingerprint density at radius 1 is 1.08 bits per heavy atom. The summed E-state index contributed by atoms with van der Waals surface area (Å²) in [4.78, 5) is 48.7. The molecule has 1 heterocycles. The summed E-state index contributed by atoms with van der Waals surface area (Å²) in [7, 11) is 0. The molecule has 0 aliphatic heterocycles. The first kappa shape index (κ1) is 16.7. The van der Waals surface area contributed by atoms with Gasteiger partial charge < -0.3 is 5.32 Å². The van der Waals surface area contributed by atoms with Crippen LogP contribution in [0.4, 0.5) is 11.4 Å². The monoisotopic (exact) mass is 328 g/mol. The molecule has 2 aromatic rings. The zero-order chi connectivity index (χ0) is 17.7. The van der Waals surface area contributed by atoms with Crippen LogP contribution in [0.25, 0.3) is 0 Å². The lowest BCUT2D eigenvalue weighted by Crippen LogP contribution is -2.30. The third-order valence-electron chi connectivity index (χ3n) is 2.87. The van der Waals surface area contributed by atoms with Gasteiger partial charge in [0.25, 0.3) is 17.5 Å². The lowest BCUT2D eigenvalue weighted by atomic mass is 10.1. The maximum atomic E-state index is 12.1. The molecule has 0 saturated heterocycles. The summed E-state index contributed by atoms with van der Waals surface area (Å²) < 4.78 is 0. The maximum Gasteiger partial charge on any atom is 0.288 e. The van der Waals surface area contributed by atoms with E-state index in [4.69, 9.17) is 0 Å². The summed E-state index contributed by atoms with van der Waals surface area (Å²) in [6.07, 6.45) is 2.11. The number of nitrogens with zero attached hydrogens (tertiary/aromatic N) is 2. The number of hydrogen-bond acceptors (Lipinski definition) is 6. The van der Waals surface area contributed by atoms with Gasteiger partial charge in [-0.2, -0.15) is 0 Å². The van der Waals surface area contributed by atoms with Crippen LogP contribution in [-0.4, -0.2) is 27.6 Å². The number of carbonyl (C=O) groups is 3. The fourth-order valence-corrected chi connectivity index (χ4v) is 1.84. The Hall–Kier alpha value is -3.62. The molecular formula is C15H12N4O5. The summed E-state index contributed by atoms with van der Waals surface area (Å²) in [5.74, 6) is -1.83. The molecular weight excluding hydrogens is 316 g/mol. The number of nitrogens with one attached hydrogen (secondary N) is 2. The molecule has 9 nitrogen and oxygen atoms in total. The van der Waals surface area contributed by atoms with Crippen LogP contribution >= 0.6 is 0 Å². The highest BCUT2D eigenvalue weighted by atomic mass is 16.6. The minimum atomic E-state index is -0.818. The Labute approximate surface area is 135 Å². The van der Waals surface area contributed by atoms with Crippen molar-refractivity contribution in [3.05, 3.63) is 64.0 Å². The van der Waals surface area contributed by atoms with Crippen molar-refractivity contribution in [3.8, 4) is 0 Å². The third-order valence-corrected chi connectivity index (χ3v) is 2.87. The normalized spacial score (nSPS) is 9.88. The number of anilines is 1. The van der Waals surface area contributed by atoms with Crippen LogP contribution in [0.2, 0.25) is 0 Å². The molecule has 0 aliphatic carbocycles. The van der Waals surface area contributed by atoms with Crippen LogP contribution < -0.4 is 10.6 Å². The van der Waals surface area contributed by atoms with E-state index in [1.54, 1.807) is 12.1 Å². The predicted molar refractivity (Wildman–Crippen MR) is 83.4 cm³/mol. The van der Waals surface area contributed by atoms with E-state index in [0.717, 1.165) is 18.5 Å². The molecule has 0 atom stereocenters. The summed E-state index contributed by atoms with van der Waals surface area (Å²) in [5.41, 5.74) is 0.0749. The SMILES string of the molecule is CC(=O)Nc1cccc(C(=O)NC(=O)c2cncc([N+](=O)[O-])c2)c1. The number of aromatic nitrogens is 1. The second-order valence-corrected chi connectivity index (χ2v) is 4.73. The van der Waals surface area contributed by atoms with E-state index in [-0.39, 0.29) is 22.7 Å². The Morgan fingerprint density at radius 3 is 2.46 bits per heavy atom. The van der Waals surface area contributed by atoms with Gasteiger partial charge in [-0.3, -0.25) is 34.8 Å². The van der Waals surface area contributed by atoms with Crippen molar-refractivity contribution >= 4 is 29.1 Å². The van der Waals surface area contributed by atoms with Gasteiger partial charge in [0.15, 0.2) is 0 Å². The minimum Gasteiger partial charge on any atom is -0.326 e. The highest BCUT2D eigenvalue weighted by Gasteiger charge is 2.16.